The van der Waals surface area contributed by atoms with E-state index in [1.165, 1.54) is 14.0 Å². The van der Waals surface area contributed by atoms with Crippen molar-refractivity contribution in [1.82, 2.24) is 4.90 Å². The van der Waals surface area contributed by atoms with Gasteiger partial charge in [-0.2, -0.15) is 0 Å². The Balaban J connectivity index is 2.21. The van der Waals surface area contributed by atoms with Crippen LogP contribution in [0.2, 0.25) is 0 Å². The molecule has 0 N–H and O–H groups in total. The lowest BCUT2D eigenvalue weighted by Gasteiger charge is -2.30. The van der Waals surface area contributed by atoms with E-state index in [0.717, 1.165) is 0 Å². The van der Waals surface area contributed by atoms with E-state index in [1.54, 1.807) is 30.9 Å². The zero-order chi connectivity index (χ0) is 20.0. The highest BCUT2D eigenvalue weighted by molar-refractivity contribution is 6.00. The van der Waals surface area contributed by atoms with Gasteiger partial charge in [0.1, 0.15) is 11.5 Å². The molecule has 0 aromatic heterocycles. The van der Waals surface area contributed by atoms with Crippen molar-refractivity contribution in [3.63, 3.8) is 0 Å². The van der Waals surface area contributed by atoms with E-state index in [4.69, 9.17) is 14.2 Å². The highest BCUT2D eigenvalue weighted by Gasteiger charge is 2.29. The monoisotopic (exact) mass is 377 g/mol. The second-order valence-electron chi connectivity index (χ2n) is 6.59. The molecular weight excluding hydrogens is 350 g/mol. The Kier molecular flexibility index (Phi) is 7.36. The Labute approximate surface area is 159 Å². The van der Waals surface area contributed by atoms with Gasteiger partial charge < -0.3 is 19.1 Å². The van der Waals surface area contributed by atoms with Crippen molar-refractivity contribution in [3.05, 3.63) is 23.3 Å². The average Bonchev–Trinajstić information content (AvgIpc) is 2.67. The molecule has 1 saturated heterocycles. The number of likely N-dealkylation sites (tertiary alicyclic amines) is 1. The minimum absolute atomic E-state index is 0.0106. The molecule has 1 amide bonds. The van der Waals surface area contributed by atoms with E-state index >= 15 is 0 Å². The Hall–Kier alpha value is -2.41. The maximum atomic E-state index is 12.7. The third-order valence-corrected chi connectivity index (χ3v) is 4.79. The highest BCUT2D eigenvalue weighted by Crippen LogP contribution is 2.34. The number of nitrogens with zero attached hydrogens (tertiary/aromatic N) is 1. The molecule has 27 heavy (non-hydrogen) atoms. The lowest BCUT2D eigenvalue weighted by Crippen LogP contribution is -2.40. The second-order valence-corrected chi connectivity index (χ2v) is 6.59. The topological polar surface area (TPSA) is 82.1 Å². The van der Waals surface area contributed by atoms with E-state index in [1.807, 2.05) is 0 Å². The molecule has 1 heterocycles. The largest absolute Gasteiger partial charge is 0.467 e. The number of hydrogen-bond acceptors (Lipinski definition) is 6. The van der Waals surface area contributed by atoms with Gasteiger partial charge in [-0.05, 0) is 31.9 Å². The molecular formula is C20H27NO6. The molecule has 0 radical (unpaired) electrons. The number of esters is 1. The summed E-state index contributed by atoms with van der Waals surface area (Å²) in [5.41, 5.74) is 0.954. The fourth-order valence-corrected chi connectivity index (χ4v) is 3.11. The quantitative estimate of drug-likeness (QED) is 0.314. The molecule has 1 aromatic rings. The fourth-order valence-electron chi connectivity index (χ4n) is 3.11. The van der Waals surface area contributed by atoms with Crippen molar-refractivity contribution in [1.29, 1.82) is 0 Å². The SMILES string of the molecule is CCC(=O)c1ccc(OCOC)c(C)c1OC(=O)C1CCN(C(C)=O)CC1. The standard InChI is InChI=1S/C20H27NO6/c1-5-17(23)16-6-7-18(26-12-25-4)13(2)19(16)27-20(24)15-8-10-21(11-9-15)14(3)22/h6-7,15H,5,8-12H2,1-4H3. The summed E-state index contributed by atoms with van der Waals surface area (Å²) in [7, 11) is 1.51. The summed E-state index contributed by atoms with van der Waals surface area (Å²) in [6, 6.07) is 3.30. The van der Waals surface area contributed by atoms with Crippen molar-refractivity contribution >= 4 is 17.7 Å². The van der Waals surface area contributed by atoms with Crippen molar-refractivity contribution in [3.8, 4) is 11.5 Å². The molecule has 1 aliphatic heterocycles. The van der Waals surface area contributed by atoms with Crippen LogP contribution >= 0.6 is 0 Å². The van der Waals surface area contributed by atoms with Crippen LogP contribution in [0.25, 0.3) is 0 Å². The summed E-state index contributed by atoms with van der Waals surface area (Å²) in [5.74, 6) is -0.0290. The fraction of sp³-hybridized carbons (Fsp3) is 0.550. The highest BCUT2D eigenvalue weighted by atomic mass is 16.7. The van der Waals surface area contributed by atoms with Crippen LogP contribution in [-0.4, -0.2) is 49.6 Å². The maximum absolute atomic E-state index is 12.7. The van der Waals surface area contributed by atoms with Gasteiger partial charge in [0.2, 0.25) is 5.91 Å². The van der Waals surface area contributed by atoms with Gasteiger partial charge in [0.05, 0.1) is 11.5 Å². The summed E-state index contributed by atoms with van der Waals surface area (Å²) in [5, 5.41) is 0. The molecule has 2 rings (SSSR count). The third-order valence-electron chi connectivity index (χ3n) is 4.79. The number of carbonyl (C=O) groups excluding carboxylic acids is 3. The zero-order valence-corrected chi connectivity index (χ0v) is 16.4. The number of ether oxygens (including phenoxy) is 3. The third kappa shape index (κ3) is 5.07. The number of amides is 1. The first kappa shape index (κ1) is 20.9. The van der Waals surface area contributed by atoms with Gasteiger partial charge in [-0.25, -0.2) is 0 Å². The molecule has 1 fully saturated rings. The van der Waals surface area contributed by atoms with Gasteiger partial charge in [0, 0.05) is 39.1 Å². The van der Waals surface area contributed by atoms with E-state index in [9.17, 15) is 14.4 Å². The van der Waals surface area contributed by atoms with Crippen molar-refractivity contribution < 1.29 is 28.6 Å². The number of methoxy groups -OCH3 is 1. The van der Waals surface area contributed by atoms with E-state index in [2.05, 4.69) is 0 Å². The van der Waals surface area contributed by atoms with E-state index in [-0.39, 0.29) is 36.1 Å². The minimum Gasteiger partial charge on any atom is -0.467 e. The predicted octanol–water partition coefficient (Wildman–Crippen LogP) is 2.73. The molecule has 0 atom stereocenters. The van der Waals surface area contributed by atoms with Crippen LogP contribution in [-0.2, 0) is 14.3 Å². The number of ketones is 1. The van der Waals surface area contributed by atoms with Crippen LogP contribution in [0.1, 0.15) is 49.0 Å². The van der Waals surface area contributed by atoms with Gasteiger partial charge in [-0.1, -0.05) is 6.92 Å². The first-order valence-corrected chi connectivity index (χ1v) is 9.14. The smallest absolute Gasteiger partial charge is 0.314 e. The van der Waals surface area contributed by atoms with Crippen molar-refractivity contribution in [2.24, 2.45) is 5.92 Å². The summed E-state index contributed by atoms with van der Waals surface area (Å²) < 4.78 is 16.1. The molecule has 0 unspecified atom stereocenters. The number of carbonyl (C=O) groups is 3. The normalized spacial score (nSPS) is 14.7. The minimum atomic E-state index is -0.379. The Bertz CT molecular complexity index is 707. The first-order chi connectivity index (χ1) is 12.9. The molecule has 1 aliphatic rings. The number of hydrogen-bond donors (Lipinski definition) is 0. The molecule has 7 nitrogen and oxygen atoms in total. The Morgan fingerprint density at radius 1 is 1.19 bits per heavy atom. The van der Waals surface area contributed by atoms with Crippen molar-refractivity contribution in [2.75, 3.05) is 27.0 Å². The molecule has 0 bridgehead atoms. The number of piperidine rings is 1. The van der Waals surface area contributed by atoms with Crippen LogP contribution in [0.4, 0.5) is 0 Å². The molecule has 7 heteroatoms. The van der Waals surface area contributed by atoms with Crippen LogP contribution in [0.15, 0.2) is 12.1 Å². The Morgan fingerprint density at radius 3 is 2.41 bits per heavy atom. The molecule has 0 spiro atoms. The predicted molar refractivity (Wildman–Crippen MR) is 98.9 cm³/mol. The summed E-state index contributed by atoms with van der Waals surface area (Å²) in [4.78, 5) is 38.1. The van der Waals surface area contributed by atoms with Gasteiger partial charge in [-0.15, -0.1) is 0 Å². The lowest BCUT2D eigenvalue weighted by atomic mass is 9.96. The van der Waals surface area contributed by atoms with E-state index < -0.39 is 0 Å². The average molecular weight is 377 g/mol. The van der Waals surface area contributed by atoms with Gasteiger partial charge >= 0.3 is 5.97 Å². The molecule has 1 aromatic carbocycles. The molecule has 0 saturated carbocycles. The molecule has 0 aliphatic carbocycles. The number of rotatable bonds is 7. The first-order valence-electron chi connectivity index (χ1n) is 9.14. The zero-order valence-electron chi connectivity index (χ0n) is 16.4. The van der Waals surface area contributed by atoms with Crippen LogP contribution in [0.5, 0.6) is 11.5 Å². The number of benzene rings is 1. The van der Waals surface area contributed by atoms with Crippen molar-refractivity contribution in [2.45, 2.75) is 40.0 Å². The second kappa shape index (κ2) is 9.50. The van der Waals surface area contributed by atoms with Gasteiger partial charge in [0.25, 0.3) is 0 Å². The Morgan fingerprint density at radius 2 is 1.85 bits per heavy atom. The van der Waals surface area contributed by atoms with Gasteiger partial charge in [-0.3, -0.25) is 14.4 Å². The van der Waals surface area contributed by atoms with Gasteiger partial charge in [0.15, 0.2) is 12.6 Å². The van der Waals surface area contributed by atoms with Crippen LogP contribution < -0.4 is 9.47 Å². The van der Waals surface area contributed by atoms with Crippen LogP contribution in [0.3, 0.4) is 0 Å². The number of Topliss-reactive ketones (excluding diaryl/α,β-unsaturated/α-hetero) is 1. The molecule has 148 valence electrons. The summed E-state index contributed by atoms with van der Waals surface area (Å²) in [6.45, 7) is 6.15. The summed E-state index contributed by atoms with van der Waals surface area (Å²) in [6.07, 6.45) is 1.40. The maximum Gasteiger partial charge on any atom is 0.314 e. The van der Waals surface area contributed by atoms with E-state index in [0.29, 0.717) is 49.2 Å². The lowest BCUT2D eigenvalue weighted by molar-refractivity contribution is -0.143. The van der Waals surface area contributed by atoms with Crippen LogP contribution in [0, 0.1) is 12.8 Å². The summed E-state index contributed by atoms with van der Waals surface area (Å²) >= 11 is 0.